The van der Waals surface area contributed by atoms with Crippen molar-refractivity contribution in [3.8, 4) is 5.75 Å². The van der Waals surface area contributed by atoms with E-state index < -0.39 is 6.10 Å². The second-order valence-electron chi connectivity index (χ2n) is 3.83. The Bertz CT molecular complexity index is 373. The van der Waals surface area contributed by atoms with Crippen molar-refractivity contribution in [3.63, 3.8) is 0 Å². The molecule has 0 spiro atoms. The van der Waals surface area contributed by atoms with Gasteiger partial charge in [0.1, 0.15) is 5.75 Å². The van der Waals surface area contributed by atoms with Crippen molar-refractivity contribution < 1.29 is 9.53 Å². The number of likely N-dealkylation sites (N-methyl/N-ethyl adjacent to an activating group) is 1. The second kappa shape index (κ2) is 9.95. The average molecular weight is 305 g/mol. The van der Waals surface area contributed by atoms with Gasteiger partial charge in [-0.15, -0.1) is 24.2 Å². The van der Waals surface area contributed by atoms with Crippen molar-refractivity contribution in [1.29, 1.82) is 0 Å². The van der Waals surface area contributed by atoms with Gasteiger partial charge in [0.05, 0.1) is 0 Å². The molecule has 19 heavy (non-hydrogen) atoms. The molecular weight excluding hydrogens is 284 g/mol. The van der Waals surface area contributed by atoms with Gasteiger partial charge in [-0.05, 0) is 44.5 Å². The Balaban J connectivity index is 0.00000324. The Hall–Kier alpha value is -0.910. The summed E-state index contributed by atoms with van der Waals surface area (Å²) in [5.74, 6) is 0.614. The van der Waals surface area contributed by atoms with Crippen LogP contribution in [0.3, 0.4) is 0 Å². The summed E-state index contributed by atoms with van der Waals surface area (Å²) in [6.45, 7) is 3.10. The third-order valence-corrected chi connectivity index (χ3v) is 3.16. The minimum Gasteiger partial charge on any atom is -0.481 e. The molecule has 0 aliphatic carbocycles. The van der Waals surface area contributed by atoms with E-state index >= 15 is 0 Å². The Morgan fingerprint density at radius 3 is 2.47 bits per heavy atom. The number of halogens is 1. The van der Waals surface area contributed by atoms with Gasteiger partial charge in [-0.1, -0.05) is 0 Å². The van der Waals surface area contributed by atoms with Crippen LogP contribution >= 0.6 is 24.2 Å². The number of carbonyl (C=O) groups excluding carboxylic acids is 1. The van der Waals surface area contributed by atoms with Gasteiger partial charge in [-0.2, -0.15) is 0 Å². The number of rotatable bonds is 7. The quantitative estimate of drug-likeness (QED) is 0.597. The number of amides is 1. The van der Waals surface area contributed by atoms with Crippen molar-refractivity contribution >= 4 is 30.1 Å². The lowest BCUT2D eigenvalue weighted by atomic mass is 10.3. The molecule has 1 aromatic rings. The first kappa shape index (κ1) is 18.1. The number of carbonyl (C=O) groups is 1. The molecule has 2 N–H and O–H groups in total. The Morgan fingerprint density at radius 1 is 1.32 bits per heavy atom. The van der Waals surface area contributed by atoms with E-state index in [1.807, 2.05) is 37.6 Å². The van der Waals surface area contributed by atoms with Crippen molar-refractivity contribution in [2.45, 2.75) is 17.9 Å². The molecular formula is C13H21ClN2O2S. The van der Waals surface area contributed by atoms with Gasteiger partial charge < -0.3 is 15.4 Å². The van der Waals surface area contributed by atoms with Crippen LogP contribution in [0, 0.1) is 0 Å². The van der Waals surface area contributed by atoms with E-state index in [1.54, 1.807) is 18.7 Å². The highest BCUT2D eigenvalue weighted by Crippen LogP contribution is 2.19. The Labute approximate surface area is 125 Å². The molecule has 4 nitrogen and oxygen atoms in total. The maximum Gasteiger partial charge on any atom is 0.260 e. The number of nitrogens with one attached hydrogen (secondary N) is 2. The maximum absolute atomic E-state index is 11.7. The lowest BCUT2D eigenvalue weighted by Gasteiger charge is -2.14. The van der Waals surface area contributed by atoms with Crippen molar-refractivity contribution in [2.75, 3.05) is 26.4 Å². The van der Waals surface area contributed by atoms with Crippen LogP contribution in [0.4, 0.5) is 0 Å². The summed E-state index contributed by atoms with van der Waals surface area (Å²) in [5, 5.41) is 5.76. The van der Waals surface area contributed by atoms with E-state index in [9.17, 15) is 4.79 Å². The SMILES string of the molecule is CNCCNC(=O)C(C)Oc1ccc(SC)cc1.Cl. The normalized spacial score (nSPS) is 11.3. The third-order valence-electron chi connectivity index (χ3n) is 2.42. The molecule has 0 saturated carbocycles. The van der Waals surface area contributed by atoms with Crippen LogP contribution in [0.1, 0.15) is 6.92 Å². The summed E-state index contributed by atoms with van der Waals surface area (Å²) < 4.78 is 5.56. The van der Waals surface area contributed by atoms with Gasteiger partial charge in [0.15, 0.2) is 6.10 Å². The van der Waals surface area contributed by atoms with Gasteiger partial charge in [-0.25, -0.2) is 0 Å². The van der Waals surface area contributed by atoms with Crippen LogP contribution in [0.2, 0.25) is 0 Å². The molecule has 1 aromatic carbocycles. The van der Waals surface area contributed by atoms with E-state index in [2.05, 4.69) is 10.6 Å². The first-order valence-corrected chi connectivity index (χ1v) is 7.13. The van der Waals surface area contributed by atoms with E-state index in [4.69, 9.17) is 4.74 Å². The predicted octanol–water partition coefficient (Wildman–Crippen LogP) is 1.93. The Kier molecular flexibility index (Phi) is 9.47. The largest absolute Gasteiger partial charge is 0.481 e. The highest BCUT2D eigenvalue weighted by molar-refractivity contribution is 7.98. The van der Waals surface area contributed by atoms with E-state index in [0.29, 0.717) is 12.3 Å². The molecule has 0 aliphatic rings. The topological polar surface area (TPSA) is 50.4 Å². The minimum absolute atomic E-state index is 0. The number of hydrogen-bond acceptors (Lipinski definition) is 4. The van der Waals surface area contributed by atoms with Gasteiger partial charge in [0.25, 0.3) is 5.91 Å². The van der Waals surface area contributed by atoms with E-state index in [-0.39, 0.29) is 18.3 Å². The van der Waals surface area contributed by atoms with Gasteiger partial charge in [0, 0.05) is 18.0 Å². The van der Waals surface area contributed by atoms with Crippen LogP contribution in [0.15, 0.2) is 29.2 Å². The monoisotopic (exact) mass is 304 g/mol. The van der Waals surface area contributed by atoms with Gasteiger partial charge in [-0.3, -0.25) is 4.79 Å². The summed E-state index contributed by atoms with van der Waals surface area (Å²) in [5.41, 5.74) is 0. The van der Waals surface area contributed by atoms with E-state index in [0.717, 1.165) is 6.54 Å². The number of hydrogen-bond donors (Lipinski definition) is 2. The minimum atomic E-state index is -0.484. The summed E-state index contributed by atoms with van der Waals surface area (Å²) in [6.07, 6.45) is 1.54. The van der Waals surface area contributed by atoms with E-state index in [1.165, 1.54) is 4.90 Å². The molecule has 108 valence electrons. The number of ether oxygens (including phenoxy) is 1. The first-order chi connectivity index (χ1) is 8.67. The van der Waals surface area contributed by atoms with Crippen LogP contribution in [0.5, 0.6) is 5.75 Å². The molecule has 1 rings (SSSR count). The fraction of sp³-hybridized carbons (Fsp3) is 0.462. The molecule has 0 aliphatic heterocycles. The highest BCUT2D eigenvalue weighted by atomic mass is 35.5. The Morgan fingerprint density at radius 2 is 1.95 bits per heavy atom. The van der Waals surface area contributed by atoms with Crippen LogP contribution in [-0.2, 0) is 4.79 Å². The van der Waals surface area contributed by atoms with Crippen molar-refractivity contribution in [3.05, 3.63) is 24.3 Å². The maximum atomic E-state index is 11.7. The molecule has 0 bridgehead atoms. The summed E-state index contributed by atoms with van der Waals surface area (Å²) >= 11 is 1.67. The van der Waals surface area contributed by atoms with Gasteiger partial charge >= 0.3 is 0 Å². The molecule has 0 aromatic heterocycles. The second-order valence-corrected chi connectivity index (χ2v) is 4.71. The standard InChI is InChI=1S/C13H20N2O2S.ClH/c1-10(13(16)15-9-8-14-2)17-11-4-6-12(18-3)7-5-11;/h4-7,10,14H,8-9H2,1-3H3,(H,15,16);1H. The molecule has 6 heteroatoms. The third kappa shape index (κ3) is 6.71. The molecule has 1 amide bonds. The van der Waals surface area contributed by atoms with Gasteiger partial charge in [0.2, 0.25) is 0 Å². The molecule has 1 unspecified atom stereocenters. The smallest absolute Gasteiger partial charge is 0.260 e. The van der Waals surface area contributed by atoms with Crippen molar-refractivity contribution in [2.24, 2.45) is 0 Å². The molecule has 0 fully saturated rings. The fourth-order valence-corrected chi connectivity index (χ4v) is 1.77. The fourth-order valence-electron chi connectivity index (χ4n) is 1.37. The lowest BCUT2D eigenvalue weighted by Crippen LogP contribution is -2.39. The number of benzene rings is 1. The average Bonchev–Trinajstić information content (AvgIpc) is 2.39. The summed E-state index contributed by atoms with van der Waals surface area (Å²) in [7, 11) is 1.85. The molecule has 0 heterocycles. The zero-order valence-corrected chi connectivity index (χ0v) is 13.1. The van der Waals surface area contributed by atoms with Crippen LogP contribution < -0.4 is 15.4 Å². The molecule has 0 radical (unpaired) electrons. The summed E-state index contributed by atoms with van der Waals surface area (Å²) in [6, 6.07) is 7.71. The molecule has 1 atom stereocenters. The number of thioether (sulfide) groups is 1. The van der Waals surface area contributed by atoms with Crippen molar-refractivity contribution in [1.82, 2.24) is 10.6 Å². The highest BCUT2D eigenvalue weighted by Gasteiger charge is 2.13. The van der Waals surface area contributed by atoms with Crippen LogP contribution in [0.25, 0.3) is 0 Å². The summed E-state index contributed by atoms with van der Waals surface area (Å²) in [4.78, 5) is 12.9. The zero-order chi connectivity index (χ0) is 13.4. The first-order valence-electron chi connectivity index (χ1n) is 5.90. The van der Waals surface area contributed by atoms with Crippen LogP contribution in [-0.4, -0.2) is 38.4 Å². The lowest BCUT2D eigenvalue weighted by molar-refractivity contribution is -0.127. The predicted molar refractivity (Wildman–Crippen MR) is 82.5 cm³/mol. The molecule has 0 saturated heterocycles. The zero-order valence-electron chi connectivity index (χ0n) is 11.4.